The molecule has 2 heterocycles. The Balaban J connectivity index is 1.73. The Morgan fingerprint density at radius 2 is 2.15 bits per heavy atom. The van der Waals surface area contributed by atoms with Crippen LogP contribution in [0.4, 0.5) is 9.52 Å². The van der Waals surface area contributed by atoms with Crippen LogP contribution in [0.2, 0.25) is 0 Å². The topological polar surface area (TPSA) is 42.4 Å². The highest BCUT2D eigenvalue weighted by molar-refractivity contribution is 7.22. The summed E-state index contributed by atoms with van der Waals surface area (Å²) >= 11 is 1.33. The summed E-state index contributed by atoms with van der Waals surface area (Å²) in [5.74, 6) is -0.501. The quantitative estimate of drug-likeness (QED) is 0.644. The number of hydrogen-bond acceptors (Lipinski definition) is 4. The van der Waals surface area contributed by atoms with E-state index in [0.29, 0.717) is 29.4 Å². The van der Waals surface area contributed by atoms with Crippen molar-refractivity contribution >= 4 is 32.6 Å². The lowest BCUT2D eigenvalue weighted by atomic mass is 10.1. The SMILES string of the molecule is Cc1ccc(C(=O)N(CC2CCCO2)c2nc3c(F)cccc3s2)cc1C. The van der Waals surface area contributed by atoms with Gasteiger partial charge in [-0.2, -0.15) is 0 Å². The average molecular weight is 384 g/mol. The maximum Gasteiger partial charge on any atom is 0.260 e. The van der Waals surface area contributed by atoms with Crippen LogP contribution in [0.1, 0.15) is 34.3 Å². The van der Waals surface area contributed by atoms with E-state index in [4.69, 9.17) is 4.74 Å². The van der Waals surface area contributed by atoms with Crippen molar-refractivity contribution in [2.45, 2.75) is 32.8 Å². The number of nitrogens with zero attached hydrogens (tertiary/aromatic N) is 2. The van der Waals surface area contributed by atoms with Crippen molar-refractivity contribution in [3.63, 3.8) is 0 Å². The van der Waals surface area contributed by atoms with Crippen LogP contribution in [0.3, 0.4) is 0 Å². The third kappa shape index (κ3) is 3.59. The third-order valence-electron chi connectivity index (χ3n) is 5.00. The molecule has 1 saturated heterocycles. The number of rotatable bonds is 4. The number of thiazole rings is 1. The van der Waals surface area contributed by atoms with E-state index in [1.54, 1.807) is 11.0 Å². The number of ether oxygens (including phenoxy) is 1. The second kappa shape index (κ2) is 7.37. The smallest absolute Gasteiger partial charge is 0.260 e. The van der Waals surface area contributed by atoms with Gasteiger partial charge in [0, 0.05) is 12.2 Å². The molecule has 0 bridgehead atoms. The van der Waals surface area contributed by atoms with E-state index in [0.717, 1.165) is 28.7 Å². The Kier molecular flexibility index (Phi) is 4.93. The summed E-state index contributed by atoms with van der Waals surface area (Å²) in [6.45, 7) is 5.14. The van der Waals surface area contributed by atoms with Crippen molar-refractivity contribution in [3.05, 3.63) is 58.9 Å². The minimum Gasteiger partial charge on any atom is -0.376 e. The fourth-order valence-electron chi connectivity index (χ4n) is 3.29. The Hall–Kier alpha value is -2.31. The van der Waals surface area contributed by atoms with Gasteiger partial charge in [0.1, 0.15) is 11.3 Å². The molecule has 0 aliphatic carbocycles. The highest BCUT2D eigenvalue weighted by atomic mass is 32.1. The molecule has 2 aromatic carbocycles. The molecule has 1 fully saturated rings. The summed E-state index contributed by atoms with van der Waals surface area (Å²) in [5.41, 5.74) is 3.12. The van der Waals surface area contributed by atoms with Gasteiger partial charge in [-0.1, -0.05) is 23.5 Å². The van der Waals surface area contributed by atoms with E-state index < -0.39 is 0 Å². The number of aromatic nitrogens is 1. The van der Waals surface area contributed by atoms with Gasteiger partial charge in [-0.25, -0.2) is 9.37 Å². The van der Waals surface area contributed by atoms with Crippen molar-refractivity contribution < 1.29 is 13.9 Å². The Bertz CT molecular complexity index is 995. The summed E-state index contributed by atoms with van der Waals surface area (Å²) in [5, 5.41) is 0.508. The fourth-order valence-corrected chi connectivity index (χ4v) is 4.28. The first-order valence-corrected chi connectivity index (χ1v) is 9.90. The van der Waals surface area contributed by atoms with E-state index in [1.807, 2.05) is 38.1 Å². The Labute approximate surface area is 161 Å². The van der Waals surface area contributed by atoms with Gasteiger partial charge in [0.15, 0.2) is 5.13 Å². The van der Waals surface area contributed by atoms with Gasteiger partial charge in [0.25, 0.3) is 5.91 Å². The number of para-hydroxylation sites is 1. The predicted octanol–water partition coefficient (Wildman–Crippen LogP) is 4.88. The zero-order valence-corrected chi connectivity index (χ0v) is 16.2. The monoisotopic (exact) mass is 384 g/mol. The molecule has 4 rings (SSSR count). The number of carbonyl (C=O) groups is 1. The second-order valence-electron chi connectivity index (χ2n) is 6.93. The Morgan fingerprint density at radius 3 is 2.85 bits per heavy atom. The van der Waals surface area contributed by atoms with Crippen molar-refractivity contribution in [3.8, 4) is 0 Å². The molecule has 27 heavy (non-hydrogen) atoms. The molecule has 1 amide bonds. The summed E-state index contributed by atoms with van der Waals surface area (Å²) in [6.07, 6.45) is 1.89. The van der Waals surface area contributed by atoms with Crippen LogP contribution in [0.15, 0.2) is 36.4 Å². The molecule has 1 atom stereocenters. The van der Waals surface area contributed by atoms with Gasteiger partial charge in [0.2, 0.25) is 0 Å². The van der Waals surface area contributed by atoms with Gasteiger partial charge in [-0.15, -0.1) is 0 Å². The van der Waals surface area contributed by atoms with Crippen LogP contribution < -0.4 is 4.90 Å². The largest absolute Gasteiger partial charge is 0.376 e. The van der Waals surface area contributed by atoms with Crippen molar-refractivity contribution in [2.24, 2.45) is 0 Å². The van der Waals surface area contributed by atoms with Gasteiger partial charge in [0.05, 0.1) is 17.3 Å². The molecule has 0 N–H and O–H groups in total. The molecular formula is C21H21FN2O2S. The first-order valence-electron chi connectivity index (χ1n) is 9.08. The lowest BCUT2D eigenvalue weighted by Crippen LogP contribution is -2.37. The lowest BCUT2D eigenvalue weighted by molar-refractivity contribution is 0.0917. The van der Waals surface area contributed by atoms with Crippen molar-refractivity contribution in [1.82, 2.24) is 4.98 Å². The molecule has 3 aromatic rings. The summed E-state index contributed by atoms with van der Waals surface area (Å²) < 4.78 is 20.6. The van der Waals surface area contributed by atoms with Crippen LogP contribution in [-0.2, 0) is 4.74 Å². The molecule has 6 heteroatoms. The predicted molar refractivity (Wildman–Crippen MR) is 106 cm³/mol. The second-order valence-corrected chi connectivity index (χ2v) is 7.94. The maximum absolute atomic E-state index is 14.1. The molecule has 1 aliphatic rings. The van der Waals surface area contributed by atoms with Crippen molar-refractivity contribution in [2.75, 3.05) is 18.1 Å². The van der Waals surface area contributed by atoms with E-state index in [2.05, 4.69) is 4.98 Å². The van der Waals surface area contributed by atoms with Gasteiger partial charge in [-0.3, -0.25) is 9.69 Å². The van der Waals surface area contributed by atoms with Gasteiger partial charge < -0.3 is 4.74 Å². The summed E-state index contributed by atoms with van der Waals surface area (Å²) in [7, 11) is 0. The molecule has 1 aromatic heterocycles. The fraction of sp³-hybridized carbons (Fsp3) is 0.333. The van der Waals surface area contributed by atoms with Crippen LogP contribution in [0.25, 0.3) is 10.2 Å². The van der Waals surface area contributed by atoms with E-state index in [1.165, 1.54) is 17.4 Å². The normalized spacial score (nSPS) is 16.8. The molecule has 0 spiro atoms. The molecule has 140 valence electrons. The number of benzene rings is 2. The molecular weight excluding hydrogens is 363 g/mol. The first-order chi connectivity index (χ1) is 13.0. The molecule has 1 unspecified atom stereocenters. The standard InChI is InChI=1S/C21H21FN2O2S/c1-13-8-9-15(11-14(13)2)20(25)24(12-16-5-4-10-26-16)21-23-19-17(22)6-3-7-18(19)27-21/h3,6-9,11,16H,4-5,10,12H2,1-2H3. The highest BCUT2D eigenvalue weighted by Gasteiger charge is 2.27. The first kappa shape index (κ1) is 18.1. The van der Waals surface area contributed by atoms with Crippen LogP contribution in [-0.4, -0.2) is 30.1 Å². The van der Waals surface area contributed by atoms with Crippen LogP contribution in [0.5, 0.6) is 0 Å². The number of carbonyl (C=O) groups excluding carboxylic acids is 1. The molecule has 4 nitrogen and oxygen atoms in total. The number of fused-ring (bicyclic) bond motifs is 1. The zero-order valence-electron chi connectivity index (χ0n) is 15.4. The number of hydrogen-bond donors (Lipinski definition) is 0. The molecule has 1 aliphatic heterocycles. The van der Waals surface area contributed by atoms with Crippen LogP contribution in [0, 0.1) is 19.7 Å². The van der Waals surface area contributed by atoms with Gasteiger partial charge in [-0.05, 0) is 62.1 Å². The lowest BCUT2D eigenvalue weighted by Gasteiger charge is -2.23. The number of halogens is 1. The Morgan fingerprint density at radius 1 is 1.30 bits per heavy atom. The average Bonchev–Trinajstić information content (AvgIpc) is 3.31. The molecule has 0 saturated carbocycles. The number of amides is 1. The number of aryl methyl sites for hydroxylation is 2. The minimum atomic E-state index is -0.370. The zero-order chi connectivity index (χ0) is 19.0. The maximum atomic E-state index is 14.1. The summed E-state index contributed by atoms with van der Waals surface area (Å²) in [6, 6.07) is 10.6. The van der Waals surface area contributed by atoms with Crippen LogP contribution >= 0.6 is 11.3 Å². The van der Waals surface area contributed by atoms with E-state index in [-0.39, 0.29) is 17.8 Å². The number of anilines is 1. The minimum absolute atomic E-state index is 0.0163. The van der Waals surface area contributed by atoms with E-state index in [9.17, 15) is 9.18 Å². The molecule has 0 radical (unpaired) electrons. The van der Waals surface area contributed by atoms with Crippen molar-refractivity contribution in [1.29, 1.82) is 0 Å². The highest BCUT2D eigenvalue weighted by Crippen LogP contribution is 2.32. The van der Waals surface area contributed by atoms with E-state index >= 15 is 0 Å². The third-order valence-corrected chi connectivity index (χ3v) is 6.04. The van der Waals surface area contributed by atoms with Gasteiger partial charge >= 0.3 is 0 Å². The summed E-state index contributed by atoms with van der Waals surface area (Å²) in [4.78, 5) is 19.4.